The topological polar surface area (TPSA) is 13.1 Å². The van der Waals surface area contributed by atoms with Crippen molar-refractivity contribution >= 4 is 67.1 Å². The number of para-hydroxylation sites is 1. The molecule has 0 aliphatic rings. The van der Waals surface area contributed by atoms with Gasteiger partial charge in [0.2, 0.25) is 0 Å². The van der Waals surface area contributed by atoms with Crippen LogP contribution < -0.4 is 0 Å². The molecule has 1 nitrogen and oxygen atoms in total. The Hall–Kier alpha value is -0.300. The van der Waals surface area contributed by atoms with Crippen molar-refractivity contribution in [2.75, 3.05) is 0 Å². The van der Waals surface area contributed by atoms with E-state index >= 15 is 0 Å². The lowest BCUT2D eigenvalue weighted by Crippen LogP contribution is -1.70. The van der Waals surface area contributed by atoms with E-state index in [1.807, 2.05) is 0 Å². The molecule has 1 heterocycles. The van der Waals surface area contributed by atoms with Crippen molar-refractivity contribution in [2.45, 2.75) is 0 Å². The van der Waals surface area contributed by atoms with Crippen molar-refractivity contribution in [2.24, 2.45) is 0 Å². The summed E-state index contributed by atoms with van der Waals surface area (Å²) in [5.74, 6) is 0. The van der Waals surface area contributed by atoms with E-state index in [-0.39, 0.29) is 0 Å². The standard InChI is InChI=1S/C12H6I2O/c13-7-4-5-8-9-2-1-3-10(14)12(9)15-11(8)6-7/h1-6H. The lowest BCUT2D eigenvalue weighted by Gasteiger charge is -1.90. The van der Waals surface area contributed by atoms with Crippen LogP contribution in [0, 0.1) is 7.14 Å². The summed E-state index contributed by atoms with van der Waals surface area (Å²) < 4.78 is 8.22. The molecule has 3 heteroatoms. The second-order valence-electron chi connectivity index (χ2n) is 3.36. The van der Waals surface area contributed by atoms with Crippen LogP contribution in [0.25, 0.3) is 21.9 Å². The Morgan fingerprint density at radius 1 is 0.933 bits per heavy atom. The fraction of sp³-hybridized carbons (Fsp3) is 0. The second-order valence-corrected chi connectivity index (χ2v) is 5.77. The molecule has 0 unspecified atom stereocenters. The SMILES string of the molecule is Ic1ccc2c(c1)oc1c(I)cccc12. The number of rotatable bonds is 0. The van der Waals surface area contributed by atoms with Crippen molar-refractivity contribution in [3.8, 4) is 0 Å². The average molecular weight is 420 g/mol. The van der Waals surface area contributed by atoms with Gasteiger partial charge in [-0.1, -0.05) is 12.1 Å². The molecule has 3 aromatic rings. The fourth-order valence-corrected chi connectivity index (χ4v) is 2.81. The lowest BCUT2D eigenvalue weighted by atomic mass is 10.2. The normalized spacial score (nSPS) is 11.3. The quantitative estimate of drug-likeness (QED) is 0.477. The minimum absolute atomic E-state index is 0.973. The summed E-state index contributed by atoms with van der Waals surface area (Å²) in [5, 5.41) is 2.40. The summed E-state index contributed by atoms with van der Waals surface area (Å²) in [5.41, 5.74) is 1.97. The van der Waals surface area contributed by atoms with Crippen LogP contribution in [-0.4, -0.2) is 0 Å². The summed E-state index contributed by atoms with van der Waals surface area (Å²) in [4.78, 5) is 0. The highest BCUT2D eigenvalue weighted by Crippen LogP contribution is 2.32. The lowest BCUT2D eigenvalue weighted by molar-refractivity contribution is 0.666. The predicted octanol–water partition coefficient (Wildman–Crippen LogP) is 4.80. The molecular formula is C12H6I2O. The molecular weight excluding hydrogens is 414 g/mol. The zero-order valence-electron chi connectivity index (χ0n) is 7.63. The molecule has 15 heavy (non-hydrogen) atoms. The zero-order valence-corrected chi connectivity index (χ0v) is 11.9. The van der Waals surface area contributed by atoms with Gasteiger partial charge >= 0.3 is 0 Å². The highest BCUT2D eigenvalue weighted by Gasteiger charge is 2.08. The van der Waals surface area contributed by atoms with Gasteiger partial charge in [-0.25, -0.2) is 0 Å². The molecule has 0 amide bonds. The summed E-state index contributed by atoms with van der Waals surface area (Å²) in [7, 11) is 0. The van der Waals surface area contributed by atoms with E-state index in [9.17, 15) is 0 Å². The molecule has 0 saturated heterocycles. The molecule has 0 aliphatic heterocycles. The third-order valence-corrected chi connectivity index (χ3v) is 3.93. The minimum Gasteiger partial charge on any atom is -0.455 e. The van der Waals surface area contributed by atoms with Crippen LogP contribution in [0.3, 0.4) is 0 Å². The van der Waals surface area contributed by atoms with Crippen molar-refractivity contribution in [1.29, 1.82) is 0 Å². The van der Waals surface area contributed by atoms with Gasteiger partial charge in [0.1, 0.15) is 11.2 Å². The second kappa shape index (κ2) is 3.62. The van der Waals surface area contributed by atoms with Gasteiger partial charge in [0.05, 0.1) is 3.57 Å². The Kier molecular flexibility index (Phi) is 2.39. The molecule has 1 aromatic heterocycles. The number of hydrogen-bond acceptors (Lipinski definition) is 1. The molecule has 0 spiro atoms. The maximum atomic E-state index is 5.85. The Morgan fingerprint density at radius 2 is 1.80 bits per heavy atom. The number of benzene rings is 2. The predicted molar refractivity (Wildman–Crippen MR) is 79.2 cm³/mol. The van der Waals surface area contributed by atoms with E-state index in [0.29, 0.717) is 0 Å². The van der Waals surface area contributed by atoms with Gasteiger partial charge in [-0.05, 0) is 69.4 Å². The van der Waals surface area contributed by atoms with Gasteiger partial charge in [0.25, 0.3) is 0 Å². The fourth-order valence-electron chi connectivity index (χ4n) is 1.74. The molecule has 0 saturated carbocycles. The number of furan rings is 1. The zero-order chi connectivity index (χ0) is 10.4. The largest absolute Gasteiger partial charge is 0.455 e. The van der Waals surface area contributed by atoms with Crippen molar-refractivity contribution in [3.63, 3.8) is 0 Å². The molecule has 2 aromatic carbocycles. The molecule has 3 rings (SSSR count). The van der Waals surface area contributed by atoms with Crippen LogP contribution in [0.2, 0.25) is 0 Å². The van der Waals surface area contributed by atoms with E-state index < -0.39 is 0 Å². The highest BCUT2D eigenvalue weighted by atomic mass is 127. The number of hydrogen-bond donors (Lipinski definition) is 0. The van der Waals surface area contributed by atoms with Crippen LogP contribution in [0.4, 0.5) is 0 Å². The van der Waals surface area contributed by atoms with Crippen molar-refractivity contribution in [1.82, 2.24) is 0 Å². The van der Waals surface area contributed by atoms with Crippen molar-refractivity contribution < 1.29 is 4.42 Å². The van der Waals surface area contributed by atoms with E-state index in [0.717, 1.165) is 14.7 Å². The van der Waals surface area contributed by atoms with E-state index in [2.05, 4.69) is 81.6 Å². The summed E-state index contributed by atoms with van der Waals surface area (Å²) >= 11 is 4.61. The monoisotopic (exact) mass is 420 g/mol. The van der Waals surface area contributed by atoms with E-state index in [4.69, 9.17) is 4.42 Å². The van der Waals surface area contributed by atoms with E-state index in [1.165, 1.54) is 14.3 Å². The molecule has 0 radical (unpaired) electrons. The molecule has 0 aliphatic carbocycles. The highest BCUT2D eigenvalue weighted by molar-refractivity contribution is 14.1. The number of fused-ring (bicyclic) bond motifs is 3. The smallest absolute Gasteiger partial charge is 0.148 e. The van der Waals surface area contributed by atoms with Crippen LogP contribution >= 0.6 is 45.2 Å². The van der Waals surface area contributed by atoms with Crippen molar-refractivity contribution in [3.05, 3.63) is 43.5 Å². The Bertz CT molecular complexity index is 655. The average Bonchev–Trinajstić information content (AvgIpc) is 2.57. The molecule has 0 fully saturated rings. The van der Waals surface area contributed by atoms with Crippen LogP contribution in [0.1, 0.15) is 0 Å². The van der Waals surface area contributed by atoms with Crippen LogP contribution in [-0.2, 0) is 0 Å². The van der Waals surface area contributed by atoms with Gasteiger partial charge < -0.3 is 4.42 Å². The molecule has 0 N–H and O–H groups in total. The first-order valence-electron chi connectivity index (χ1n) is 4.52. The van der Waals surface area contributed by atoms with Gasteiger partial charge in [-0.2, -0.15) is 0 Å². The molecule has 0 atom stereocenters. The first-order chi connectivity index (χ1) is 7.25. The first-order valence-corrected chi connectivity index (χ1v) is 6.68. The Morgan fingerprint density at radius 3 is 2.67 bits per heavy atom. The minimum atomic E-state index is 0.973. The third-order valence-electron chi connectivity index (χ3n) is 2.41. The number of halogens is 2. The molecule has 74 valence electrons. The molecule has 0 bridgehead atoms. The Labute approximate surface area is 114 Å². The van der Waals surface area contributed by atoms with Gasteiger partial charge in [-0.15, -0.1) is 0 Å². The Balaban J connectivity index is 2.57. The van der Waals surface area contributed by atoms with E-state index in [1.54, 1.807) is 0 Å². The summed E-state index contributed by atoms with van der Waals surface area (Å²) in [6.45, 7) is 0. The summed E-state index contributed by atoms with van der Waals surface area (Å²) in [6, 6.07) is 12.5. The maximum absolute atomic E-state index is 5.85. The first kappa shape index (κ1) is 9.89. The summed E-state index contributed by atoms with van der Waals surface area (Å²) in [6.07, 6.45) is 0. The van der Waals surface area contributed by atoms with Crippen LogP contribution in [0.15, 0.2) is 40.8 Å². The van der Waals surface area contributed by atoms with Gasteiger partial charge in [0, 0.05) is 14.3 Å². The van der Waals surface area contributed by atoms with Crippen LogP contribution in [0.5, 0.6) is 0 Å². The third kappa shape index (κ3) is 1.56. The maximum Gasteiger partial charge on any atom is 0.148 e. The van der Waals surface area contributed by atoms with Gasteiger partial charge in [0.15, 0.2) is 0 Å². The van der Waals surface area contributed by atoms with Gasteiger partial charge in [-0.3, -0.25) is 0 Å².